The van der Waals surface area contributed by atoms with E-state index in [-0.39, 0.29) is 0 Å². The van der Waals surface area contributed by atoms with Crippen molar-refractivity contribution in [2.75, 3.05) is 11.9 Å². The number of hydrogen-bond acceptors (Lipinski definition) is 2. The second-order valence-corrected chi connectivity index (χ2v) is 4.54. The number of unbranched alkanes of at least 4 members (excludes halogenated alkanes) is 5. The third-order valence-corrected chi connectivity index (χ3v) is 2.77. The first-order valence-corrected chi connectivity index (χ1v) is 7.07. The van der Waals surface area contributed by atoms with Gasteiger partial charge in [0.05, 0.1) is 6.61 Å². The summed E-state index contributed by atoms with van der Waals surface area (Å²) in [5.74, 6) is 0. The third-order valence-electron chi connectivity index (χ3n) is 1.75. The average molecular weight is 273 g/mol. The van der Waals surface area contributed by atoms with Gasteiger partial charge in [-0.2, -0.15) is 0 Å². The fraction of sp³-hybridized carbons (Fsp3) is 1.00. The van der Waals surface area contributed by atoms with E-state index in [9.17, 15) is 4.57 Å². The van der Waals surface area contributed by atoms with Gasteiger partial charge in [0.1, 0.15) is 0 Å². The van der Waals surface area contributed by atoms with Crippen LogP contribution in [0.3, 0.4) is 0 Å². The van der Waals surface area contributed by atoms with Crippen LogP contribution in [0.4, 0.5) is 0 Å². The standard InChI is InChI=1S/C8H18BrO3P/c9-7-5-3-1-2-4-6-8-12-13(10)11/h13H,1-8H2,(H,10,11). The number of halogens is 1. The van der Waals surface area contributed by atoms with Crippen LogP contribution in [0.15, 0.2) is 0 Å². The normalized spacial score (nSPS) is 13.1. The molecule has 0 saturated heterocycles. The summed E-state index contributed by atoms with van der Waals surface area (Å²) in [4.78, 5) is 8.34. The summed E-state index contributed by atoms with van der Waals surface area (Å²) in [5.41, 5.74) is 0. The molecule has 1 N–H and O–H groups in total. The first kappa shape index (κ1) is 13.6. The summed E-state index contributed by atoms with van der Waals surface area (Å²) in [6.07, 6.45) is 6.94. The molecule has 80 valence electrons. The number of rotatable bonds is 9. The van der Waals surface area contributed by atoms with Crippen molar-refractivity contribution in [3.05, 3.63) is 0 Å². The van der Waals surface area contributed by atoms with Crippen LogP contribution in [0.25, 0.3) is 0 Å². The Labute approximate surface area is 88.9 Å². The van der Waals surface area contributed by atoms with Gasteiger partial charge < -0.3 is 9.42 Å². The molecule has 0 aromatic rings. The van der Waals surface area contributed by atoms with Gasteiger partial charge >= 0.3 is 8.25 Å². The van der Waals surface area contributed by atoms with Crippen molar-refractivity contribution in [2.24, 2.45) is 0 Å². The van der Waals surface area contributed by atoms with Crippen molar-refractivity contribution < 1.29 is 14.0 Å². The summed E-state index contributed by atoms with van der Waals surface area (Å²) in [7, 11) is -2.69. The van der Waals surface area contributed by atoms with Crippen molar-refractivity contribution in [2.45, 2.75) is 38.5 Å². The minimum Gasteiger partial charge on any atom is -0.326 e. The summed E-state index contributed by atoms with van der Waals surface area (Å²) in [6.45, 7) is 0.423. The number of alkyl halides is 1. The van der Waals surface area contributed by atoms with Gasteiger partial charge in [0, 0.05) is 5.33 Å². The maximum Gasteiger partial charge on any atom is 0.316 e. The van der Waals surface area contributed by atoms with Crippen LogP contribution in [0.5, 0.6) is 0 Å². The maximum absolute atomic E-state index is 10.1. The molecule has 0 aromatic heterocycles. The Hall–Kier alpha value is 0.630. The fourth-order valence-corrected chi connectivity index (χ4v) is 1.78. The Kier molecular flexibility index (Phi) is 11.2. The molecular weight excluding hydrogens is 255 g/mol. The molecule has 0 aliphatic heterocycles. The third kappa shape index (κ3) is 12.6. The zero-order valence-electron chi connectivity index (χ0n) is 7.80. The van der Waals surface area contributed by atoms with Crippen LogP contribution >= 0.6 is 24.2 Å². The fourth-order valence-electron chi connectivity index (χ4n) is 1.06. The van der Waals surface area contributed by atoms with E-state index in [0.29, 0.717) is 6.61 Å². The first-order valence-electron chi connectivity index (χ1n) is 4.69. The summed E-state index contributed by atoms with van der Waals surface area (Å²) < 4.78 is 14.7. The molecule has 0 amide bonds. The van der Waals surface area contributed by atoms with E-state index in [2.05, 4.69) is 20.5 Å². The molecule has 0 heterocycles. The molecular formula is C8H18BrO3P. The predicted octanol–water partition coefficient (Wildman–Crippen LogP) is 3.12. The topological polar surface area (TPSA) is 46.5 Å². The molecule has 0 fully saturated rings. The minimum absolute atomic E-state index is 0.423. The van der Waals surface area contributed by atoms with E-state index in [1.165, 1.54) is 25.7 Å². The van der Waals surface area contributed by atoms with Crippen LogP contribution in [0.2, 0.25) is 0 Å². The van der Waals surface area contributed by atoms with Crippen molar-refractivity contribution in [3.8, 4) is 0 Å². The predicted molar refractivity (Wildman–Crippen MR) is 58.7 cm³/mol. The van der Waals surface area contributed by atoms with Gasteiger partial charge in [0.25, 0.3) is 0 Å². The second-order valence-electron chi connectivity index (χ2n) is 2.92. The van der Waals surface area contributed by atoms with Gasteiger partial charge in [0.15, 0.2) is 0 Å². The Morgan fingerprint density at radius 2 is 1.62 bits per heavy atom. The van der Waals surface area contributed by atoms with Crippen molar-refractivity contribution in [1.82, 2.24) is 0 Å². The van der Waals surface area contributed by atoms with Gasteiger partial charge in [-0.05, 0) is 12.8 Å². The maximum atomic E-state index is 10.1. The van der Waals surface area contributed by atoms with E-state index in [4.69, 9.17) is 4.89 Å². The van der Waals surface area contributed by atoms with Crippen molar-refractivity contribution in [3.63, 3.8) is 0 Å². The lowest BCUT2D eigenvalue weighted by atomic mass is 10.1. The monoisotopic (exact) mass is 272 g/mol. The van der Waals surface area contributed by atoms with Crippen molar-refractivity contribution in [1.29, 1.82) is 0 Å². The van der Waals surface area contributed by atoms with E-state index < -0.39 is 8.25 Å². The molecule has 0 aliphatic rings. The molecule has 13 heavy (non-hydrogen) atoms. The van der Waals surface area contributed by atoms with E-state index >= 15 is 0 Å². The largest absolute Gasteiger partial charge is 0.326 e. The van der Waals surface area contributed by atoms with Crippen LogP contribution in [-0.2, 0) is 9.09 Å². The van der Waals surface area contributed by atoms with Crippen LogP contribution in [0.1, 0.15) is 38.5 Å². The highest BCUT2D eigenvalue weighted by Gasteiger charge is 1.93. The summed E-state index contributed by atoms with van der Waals surface area (Å²) >= 11 is 3.38. The van der Waals surface area contributed by atoms with Crippen LogP contribution in [0, 0.1) is 0 Å². The lowest BCUT2D eigenvalue weighted by Crippen LogP contribution is -1.87. The van der Waals surface area contributed by atoms with E-state index in [0.717, 1.165) is 18.2 Å². The Bertz CT molecular complexity index is 133. The lowest BCUT2D eigenvalue weighted by molar-refractivity contribution is 0.273. The molecule has 0 radical (unpaired) electrons. The molecule has 3 nitrogen and oxygen atoms in total. The van der Waals surface area contributed by atoms with Gasteiger partial charge in [-0.15, -0.1) is 0 Å². The van der Waals surface area contributed by atoms with Crippen molar-refractivity contribution >= 4 is 24.2 Å². The Balaban J connectivity index is 2.87. The summed E-state index contributed by atoms with van der Waals surface area (Å²) in [5, 5.41) is 1.09. The highest BCUT2D eigenvalue weighted by atomic mass is 79.9. The molecule has 0 aliphatic carbocycles. The first-order chi connectivity index (χ1) is 6.27. The van der Waals surface area contributed by atoms with Gasteiger partial charge in [0.2, 0.25) is 0 Å². The zero-order chi connectivity index (χ0) is 9.94. The van der Waals surface area contributed by atoms with Gasteiger partial charge in [-0.25, -0.2) is 0 Å². The lowest BCUT2D eigenvalue weighted by Gasteiger charge is -2.00. The number of hydrogen-bond donors (Lipinski definition) is 1. The smallest absolute Gasteiger partial charge is 0.316 e. The molecule has 0 bridgehead atoms. The van der Waals surface area contributed by atoms with Gasteiger partial charge in [-0.3, -0.25) is 4.57 Å². The zero-order valence-corrected chi connectivity index (χ0v) is 10.4. The quantitative estimate of drug-likeness (QED) is 0.399. The van der Waals surface area contributed by atoms with E-state index in [1.807, 2.05) is 0 Å². The minimum atomic E-state index is -2.69. The Morgan fingerprint density at radius 1 is 1.08 bits per heavy atom. The SMILES string of the molecule is O=[PH](O)OCCCCCCCCBr. The van der Waals surface area contributed by atoms with Gasteiger partial charge in [-0.1, -0.05) is 41.6 Å². The highest BCUT2D eigenvalue weighted by molar-refractivity contribution is 9.09. The molecule has 0 spiro atoms. The molecule has 0 saturated carbocycles. The molecule has 1 atom stereocenters. The molecule has 1 unspecified atom stereocenters. The highest BCUT2D eigenvalue weighted by Crippen LogP contribution is 2.15. The van der Waals surface area contributed by atoms with E-state index in [1.54, 1.807) is 0 Å². The van der Waals surface area contributed by atoms with Crippen LogP contribution in [-0.4, -0.2) is 16.8 Å². The van der Waals surface area contributed by atoms with Crippen LogP contribution < -0.4 is 0 Å². The summed E-state index contributed by atoms with van der Waals surface area (Å²) in [6, 6.07) is 0. The molecule has 0 rings (SSSR count). The molecule has 5 heteroatoms. The Morgan fingerprint density at radius 3 is 2.15 bits per heavy atom. The molecule has 0 aromatic carbocycles. The second kappa shape index (κ2) is 10.7. The average Bonchev–Trinajstić information content (AvgIpc) is 2.09.